The van der Waals surface area contributed by atoms with Gasteiger partial charge in [-0.15, -0.1) is 0 Å². The van der Waals surface area contributed by atoms with E-state index in [-0.39, 0.29) is 11.9 Å². The molecule has 1 saturated heterocycles. The van der Waals surface area contributed by atoms with E-state index in [1.807, 2.05) is 26.8 Å². The molecule has 2 aromatic carbocycles. The molecule has 0 radical (unpaired) electrons. The quantitative estimate of drug-likeness (QED) is 0.832. The van der Waals surface area contributed by atoms with Crippen LogP contribution < -0.4 is 10.2 Å². The van der Waals surface area contributed by atoms with Crippen molar-refractivity contribution in [3.63, 3.8) is 0 Å². The Kier molecular flexibility index (Phi) is 5.65. The minimum Gasteiger partial charge on any atom is -0.372 e. The molecule has 1 amide bonds. The number of anilines is 1. The maximum Gasteiger partial charge on any atom is 0.252 e. The van der Waals surface area contributed by atoms with Gasteiger partial charge in [-0.2, -0.15) is 0 Å². The summed E-state index contributed by atoms with van der Waals surface area (Å²) in [4.78, 5) is 15.2. The number of hydrogen-bond donors (Lipinski definition) is 1. The average Bonchev–Trinajstić information content (AvgIpc) is 2.65. The van der Waals surface area contributed by atoms with Crippen LogP contribution in [-0.4, -0.2) is 19.0 Å². The van der Waals surface area contributed by atoms with Crippen LogP contribution in [0, 0.1) is 20.8 Å². The van der Waals surface area contributed by atoms with Crippen molar-refractivity contribution in [3.8, 4) is 0 Å². The van der Waals surface area contributed by atoms with Gasteiger partial charge in [0.2, 0.25) is 0 Å². The number of amides is 1. The Balaban J connectivity index is 1.68. The molecule has 0 aliphatic carbocycles. The lowest BCUT2D eigenvalue weighted by atomic mass is 9.99. The average molecular weight is 351 g/mol. The SMILES string of the molecule is Cc1cc(C)c(C(=O)NC(C)c2ccc(N3CCCCC3)cc2)cc1C. The Bertz CT molecular complexity index is 774. The predicted molar refractivity (Wildman–Crippen MR) is 109 cm³/mol. The second-order valence-corrected chi connectivity index (χ2v) is 7.59. The van der Waals surface area contributed by atoms with Crippen molar-refractivity contribution in [1.29, 1.82) is 0 Å². The van der Waals surface area contributed by atoms with Gasteiger partial charge in [0.25, 0.3) is 5.91 Å². The van der Waals surface area contributed by atoms with Gasteiger partial charge in [-0.3, -0.25) is 4.79 Å². The zero-order valence-electron chi connectivity index (χ0n) is 16.4. The number of carbonyl (C=O) groups excluding carboxylic acids is 1. The van der Waals surface area contributed by atoms with E-state index in [1.165, 1.54) is 30.5 Å². The lowest BCUT2D eigenvalue weighted by Gasteiger charge is -2.29. The first-order valence-corrected chi connectivity index (χ1v) is 9.69. The van der Waals surface area contributed by atoms with Gasteiger partial charge in [0.15, 0.2) is 0 Å². The van der Waals surface area contributed by atoms with Crippen LogP contribution in [0.15, 0.2) is 36.4 Å². The summed E-state index contributed by atoms with van der Waals surface area (Å²) in [6, 6.07) is 12.7. The first kappa shape index (κ1) is 18.5. The summed E-state index contributed by atoms with van der Waals surface area (Å²) in [6.07, 6.45) is 3.91. The summed E-state index contributed by atoms with van der Waals surface area (Å²) in [7, 11) is 0. The molecule has 2 aromatic rings. The lowest BCUT2D eigenvalue weighted by Crippen LogP contribution is -2.29. The number of nitrogens with zero attached hydrogens (tertiary/aromatic N) is 1. The summed E-state index contributed by atoms with van der Waals surface area (Å²) >= 11 is 0. The smallest absolute Gasteiger partial charge is 0.252 e. The van der Waals surface area contributed by atoms with Crippen molar-refractivity contribution in [2.45, 2.75) is 53.0 Å². The number of benzene rings is 2. The second kappa shape index (κ2) is 7.94. The fourth-order valence-corrected chi connectivity index (χ4v) is 3.69. The maximum atomic E-state index is 12.7. The van der Waals surface area contributed by atoms with Crippen molar-refractivity contribution in [1.82, 2.24) is 5.32 Å². The molecule has 1 heterocycles. The van der Waals surface area contributed by atoms with Crippen molar-refractivity contribution in [2.75, 3.05) is 18.0 Å². The molecule has 0 bridgehead atoms. The molecule has 1 unspecified atom stereocenters. The van der Waals surface area contributed by atoms with Gasteiger partial charge in [0.05, 0.1) is 6.04 Å². The standard InChI is InChI=1S/C23H30N2O/c1-16-14-18(3)22(15-17(16)2)23(26)24-19(4)20-8-10-21(11-9-20)25-12-6-5-7-13-25/h8-11,14-15,19H,5-7,12-13H2,1-4H3,(H,24,26). The molecular weight excluding hydrogens is 320 g/mol. The fraction of sp³-hybridized carbons (Fsp3) is 0.435. The predicted octanol–water partition coefficient (Wildman–Crippen LogP) is 5.09. The van der Waals surface area contributed by atoms with E-state index >= 15 is 0 Å². The molecule has 26 heavy (non-hydrogen) atoms. The van der Waals surface area contributed by atoms with Crippen molar-refractivity contribution in [3.05, 3.63) is 64.2 Å². The van der Waals surface area contributed by atoms with Crippen LogP contribution in [-0.2, 0) is 0 Å². The molecule has 3 nitrogen and oxygen atoms in total. The largest absolute Gasteiger partial charge is 0.372 e. The van der Waals surface area contributed by atoms with Gasteiger partial charge >= 0.3 is 0 Å². The van der Waals surface area contributed by atoms with E-state index < -0.39 is 0 Å². The van der Waals surface area contributed by atoms with Crippen LogP contribution in [0.5, 0.6) is 0 Å². The highest BCUT2D eigenvalue weighted by Gasteiger charge is 2.15. The maximum absolute atomic E-state index is 12.7. The van der Waals surface area contributed by atoms with Crippen molar-refractivity contribution >= 4 is 11.6 Å². The number of piperidine rings is 1. The minimum absolute atomic E-state index is 0.00166. The van der Waals surface area contributed by atoms with Crippen LogP contribution in [0.2, 0.25) is 0 Å². The molecule has 0 aromatic heterocycles. The summed E-state index contributed by atoms with van der Waals surface area (Å²) in [6.45, 7) is 10.5. The third-order valence-corrected chi connectivity index (χ3v) is 5.55. The third kappa shape index (κ3) is 4.09. The van der Waals surface area contributed by atoms with Crippen molar-refractivity contribution in [2.24, 2.45) is 0 Å². The summed E-state index contributed by atoms with van der Waals surface area (Å²) in [5.41, 5.74) is 6.60. The van der Waals surface area contributed by atoms with E-state index in [0.29, 0.717) is 0 Å². The summed E-state index contributed by atoms with van der Waals surface area (Å²) < 4.78 is 0. The zero-order chi connectivity index (χ0) is 18.7. The molecule has 1 aliphatic heterocycles. The van der Waals surface area contributed by atoms with E-state index in [0.717, 1.165) is 35.3 Å². The number of carbonyl (C=O) groups is 1. The van der Waals surface area contributed by atoms with Crippen LogP contribution in [0.1, 0.15) is 64.8 Å². The van der Waals surface area contributed by atoms with Crippen LogP contribution in [0.25, 0.3) is 0 Å². The van der Waals surface area contributed by atoms with Gasteiger partial charge in [-0.1, -0.05) is 18.2 Å². The first-order chi connectivity index (χ1) is 12.5. The Morgan fingerprint density at radius 2 is 1.54 bits per heavy atom. The molecule has 0 spiro atoms. The molecule has 1 aliphatic rings. The summed E-state index contributed by atoms with van der Waals surface area (Å²) in [5, 5.41) is 3.15. The number of rotatable bonds is 4. The second-order valence-electron chi connectivity index (χ2n) is 7.59. The monoisotopic (exact) mass is 350 g/mol. The van der Waals surface area contributed by atoms with E-state index in [2.05, 4.69) is 47.5 Å². The Morgan fingerprint density at radius 3 is 2.19 bits per heavy atom. The minimum atomic E-state index is -0.0149. The number of nitrogens with one attached hydrogen (secondary N) is 1. The molecule has 1 N–H and O–H groups in total. The molecule has 0 saturated carbocycles. The third-order valence-electron chi connectivity index (χ3n) is 5.55. The Hall–Kier alpha value is -2.29. The fourth-order valence-electron chi connectivity index (χ4n) is 3.69. The number of aryl methyl sites for hydroxylation is 3. The molecule has 1 atom stereocenters. The zero-order valence-corrected chi connectivity index (χ0v) is 16.4. The van der Waals surface area contributed by atoms with Gasteiger partial charge in [-0.25, -0.2) is 0 Å². The van der Waals surface area contributed by atoms with Crippen molar-refractivity contribution < 1.29 is 4.79 Å². The number of hydrogen-bond acceptors (Lipinski definition) is 2. The molecular formula is C23H30N2O. The molecule has 138 valence electrons. The van der Waals surface area contributed by atoms with Gasteiger partial charge in [0.1, 0.15) is 0 Å². The Labute approximate surface area is 157 Å². The normalized spacial score (nSPS) is 15.6. The highest BCUT2D eigenvalue weighted by atomic mass is 16.1. The van der Waals surface area contributed by atoms with Gasteiger partial charge in [-0.05, 0) is 87.4 Å². The first-order valence-electron chi connectivity index (χ1n) is 9.69. The van der Waals surface area contributed by atoms with Gasteiger partial charge in [0, 0.05) is 24.3 Å². The van der Waals surface area contributed by atoms with E-state index in [9.17, 15) is 4.79 Å². The molecule has 3 heteroatoms. The van der Waals surface area contributed by atoms with Crippen LogP contribution in [0.3, 0.4) is 0 Å². The van der Waals surface area contributed by atoms with E-state index in [4.69, 9.17) is 0 Å². The lowest BCUT2D eigenvalue weighted by molar-refractivity contribution is 0.0939. The van der Waals surface area contributed by atoms with E-state index in [1.54, 1.807) is 0 Å². The highest BCUT2D eigenvalue weighted by molar-refractivity contribution is 5.96. The molecule has 3 rings (SSSR count). The Morgan fingerprint density at radius 1 is 0.923 bits per heavy atom. The van der Waals surface area contributed by atoms with Crippen LogP contribution in [0.4, 0.5) is 5.69 Å². The van der Waals surface area contributed by atoms with Crippen LogP contribution >= 0.6 is 0 Å². The topological polar surface area (TPSA) is 32.3 Å². The van der Waals surface area contributed by atoms with Gasteiger partial charge < -0.3 is 10.2 Å². The summed E-state index contributed by atoms with van der Waals surface area (Å²) in [5.74, 6) is -0.00166. The highest BCUT2D eigenvalue weighted by Crippen LogP contribution is 2.23. The molecule has 1 fully saturated rings.